The SMILES string of the molecule is O=C1CCC(C(=O)Nc2cc(-c3c(-c4ccc(F)cc4)nn4c3OCCC4)ccn2)C1. The minimum absolute atomic E-state index is 0.120. The van der Waals surface area contributed by atoms with Gasteiger partial charge < -0.3 is 10.1 Å². The summed E-state index contributed by atoms with van der Waals surface area (Å²) in [5.41, 5.74) is 3.02. The Bertz CT molecular complexity index is 1160. The first-order valence-electron chi connectivity index (χ1n) is 10.4. The van der Waals surface area contributed by atoms with Crippen LogP contribution in [0, 0.1) is 11.7 Å². The zero-order valence-electron chi connectivity index (χ0n) is 16.8. The fraction of sp³-hybridized carbons (Fsp3) is 0.304. The molecule has 1 unspecified atom stereocenters. The van der Waals surface area contributed by atoms with Gasteiger partial charge in [0.25, 0.3) is 0 Å². The first-order valence-corrected chi connectivity index (χ1v) is 10.4. The lowest BCUT2D eigenvalue weighted by Crippen LogP contribution is -2.21. The smallest absolute Gasteiger partial charge is 0.229 e. The van der Waals surface area contributed by atoms with Crippen molar-refractivity contribution in [3.8, 4) is 28.3 Å². The van der Waals surface area contributed by atoms with E-state index in [-0.39, 0.29) is 29.8 Å². The molecule has 1 amide bonds. The molecule has 1 aromatic carbocycles. The predicted molar refractivity (Wildman–Crippen MR) is 112 cm³/mol. The summed E-state index contributed by atoms with van der Waals surface area (Å²) in [6.45, 7) is 1.32. The average Bonchev–Trinajstić information content (AvgIpc) is 3.38. The summed E-state index contributed by atoms with van der Waals surface area (Å²) >= 11 is 0. The van der Waals surface area contributed by atoms with Gasteiger partial charge in [-0.3, -0.25) is 9.59 Å². The van der Waals surface area contributed by atoms with Gasteiger partial charge in [-0.1, -0.05) is 0 Å². The van der Waals surface area contributed by atoms with Gasteiger partial charge in [-0.15, -0.1) is 0 Å². The summed E-state index contributed by atoms with van der Waals surface area (Å²) in [7, 11) is 0. The molecule has 31 heavy (non-hydrogen) atoms. The highest BCUT2D eigenvalue weighted by Gasteiger charge is 2.29. The Morgan fingerprint density at radius 1 is 1.19 bits per heavy atom. The third kappa shape index (κ3) is 3.81. The van der Waals surface area contributed by atoms with Crippen LogP contribution in [-0.4, -0.2) is 33.1 Å². The number of Topliss-reactive ketones (excluding diaryl/α,β-unsaturated/α-hetero) is 1. The Hall–Kier alpha value is -3.55. The summed E-state index contributed by atoms with van der Waals surface area (Å²) in [6.07, 6.45) is 3.78. The molecule has 1 saturated carbocycles. The molecule has 5 rings (SSSR count). The number of pyridine rings is 1. The van der Waals surface area contributed by atoms with Crippen LogP contribution in [0.5, 0.6) is 5.88 Å². The van der Waals surface area contributed by atoms with E-state index in [1.807, 2.05) is 10.7 Å². The quantitative estimate of drug-likeness (QED) is 0.693. The maximum absolute atomic E-state index is 13.5. The molecule has 1 aliphatic heterocycles. The van der Waals surface area contributed by atoms with E-state index >= 15 is 0 Å². The molecule has 1 N–H and O–H groups in total. The van der Waals surface area contributed by atoms with Gasteiger partial charge in [0.05, 0.1) is 12.2 Å². The highest BCUT2D eigenvalue weighted by molar-refractivity contribution is 5.97. The Balaban J connectivity index is 1.52. The second kappa shape index (κ2) is 7.94. The van der Waals surface area contributed by atoms with Crippen molar-refractivity contribution in [1.29, 1.82) is 0 Å². The van der Waals surface area contributed by atoms with E-state index in [0.29, 0.717) is 36.8 Å². The molecule has 1 fully saturated rings. The molecule has 7 nitrogen and oxygen atoms in total. The predicted octanol–water partition coefficient (Wildman–Crippen LogP) is 3.84. The lowest BCUT2D eigenvalue weighted by molar-refractivity contribution is -0.122. The summed E-state index contributed by atoms with van der Waals surface area (Å²) in [5.74, 6) is 0.361. The fourth-order valence-electron chi connectivity index (χ4n) is 4.12. The molecule has 2 aromatic heterocycles. The van der Waals surface area contributed by atoms with Crippen molar-refractivity contribution < 1.29 is 18.7 Å². The van der Waals surface area contributed by atoms with Gasteiger partial charge in [0.1, 0.15) is 23.1 Å². The third-order valence-corrected chi connectivity index (χ3v) is 5.69. The van der Waals surface area contributed by atoms with Gasteiger partial charge in [-0.2, -0.15) is 5.10 Å². The normalized spacial score (nSPS) is 17.8. The van der Waals surface area contributed by atoms with Crippen LogP contribution in [0.2, 0.25) is 0 Å². The molecule has 1 aliphatic carbocycles. The number of benzene rings is 1. The molecule has 0 radical (unpaired) electrons. The number of anilines is 1. The number of nitrogens with one attached hydrogen (secondary N) is 1. The number of hydrogen-bond acceptors (Lipinski definition) is 5. The van der Waals surface area contributed by atoms with E-state index < -0.39 is 0 Å². The molecule has 1 atom stereocenters. The van der Waals surface area contributed by atoms with Crippen LogP contribution in [0.15, 0.2) is 42.6 Å². The number of hydrogen-bond donors (Lipinski definition) is 1. The maximum atomic E-state index is 13.5. The summed E-state index contributed by atoms with van der Waals surface area (Å²) in [4.78, 5) is 28.3. The Labute approximate surface area is 178 Å². The number of halogens is 1. The van der Waals surface area contributed by atoms with Crippen LogP contribution in [0.1, 0.15) is 25.7 Å². The van der Waals surface area contributed by atoms with Crippen molar-refractivity contribution in [2.24, 2.45) is 5.92 Å². The number of rotatable bonds is 4. The number of carbonyl (C=O) groups is 2. The summed E-state index contributed by atoms with van der Waals surface area (Å²) in [6, 6.07) is 9.79. The van der Waals surface area contributed by atoms with E-state index in [1.54, 1.807) is 24.4 Å². The highest BCUT2D eigenvalue weighted by Crippen LogP contribution is 2.41. The number of aromatic nitrogens is 3. The van der Waals surface area contributed by atoms with Crippen LogP contribution in [-0.2, 0) is 16.1 Å². The number of aryl methyl sites for hydroxylation is 1. The second-order valence-electron chi connectivity index (χ2n) is 7.86. The molecule has 0 bridgehead atoms. The highest BCUT2D eigenvalue weighted by atomic mass is 19.1. The lowest BCUT2D eigenvalue weighted by atomic mass is 10.0. The van der Waals surface area contributed by atoms with Crippen molar-refractivity contribution >= 4 is 17.5 Å². The second-order valence-corrected chi connectivity index (χ2v) is 7.86. The van der Waals surface area contributed by atoms with Crippen molar-refractivity contribution in [2.45, 2.75) is 32.2 Å². The molecule has 3 heterocycles. The van der Waals surface area contributed by atoms with Gasteiger partial charge >= 0.3 is 0 Å². The third-order valence-electron chi connectivity index (χ3n) is 5.69. The van der Waals surface area contributed by atoms with Crippen LogP contribution in [0.3, 0.4) is 0 Å². The minimum atomic E-state index is -0.315. The molecule has 8 heteroatoms. The van der Waals surface area contributed by atoms with E-state index in [0.717, 1.165) is 29.7 Å². The minimum Gasteiger partial charge on any atom is -0.477 e. The molecule has 158 valence electrons. The number of carbonyl (C=O) groups excluding carboxylic acids is 2. The summed E-state index contributed by atoms with van der Waals surface area (Å²) in [5, 5.41) is 7.55. The number of amides is 1. The van der Waals surface area contributed by atoms with E-state index in [4.69, 9.17) is 9.84 Å². The van der Waals surface area contributed by atoms with Gasteiger partial charge in [0.2, 0.25) is 11.8 Å². The average molecular weight is 420 g/mol. The van der Waals surface area contributed by atoms with Crippen LogP contribution in [0.4, 0.5) is 10.2 Å². The zero-order chi connectivity index (χ0) is 21.4. The van der Waals surface area contributed by atoms with Crippen LogP contribution < -0.4 is 10.1 Å². The molecule has 0 saturated heterocycles. The van der Waals surface area contributed by atoms with Crippen LogP contribution >= 0.6 is 0 Å². The fourth-order valence-corrected chi connectivity index (χ4v) is 4.12. The van der Waals surface area contributed by atoms with Crippen molar-refractivity contribution in [3.63, 3.8) is 0 Å². The molecular weight excluding hydrogens is 399 g/mol. The maximum Gasteiger partial charge on any atom is 0.229 e. The topological polar surface area (TPSA) is 86.1 Å². The van der Waals surface area contributed by atoms with Crippen molar-refractivity contribution in [2.75, 3.05) is 11.9 Å². The van der Waals surface area contributed by atoms with Crippen molar-refractivity contribution in [3.05, 3.63) is 48.4 Å². The van der Waals surface area contributed by atoms with Crippen LogP contribution in [0.25, 0.3) is 22.4 Å². The molecule has 2 aliphatic rings. The number of ketones is 1. The first kappa shape index (κ1) is 19.4. The van der Waals surface area contributed by atoms with Gasteiger partial charge in [0.15, 0.2) is 0 Å². The number of fused-ring (bicyclic) bond motifs is 1. The first-order chi connectivity index (χ1) is 15.1. The lowest BCUT2D eigenvalue weighted by Gasteiger charge is -2.16. The Kier molecular flexibility index (Phi) is 4.97. The largest absolute Gasteiger partial charge is 0.477 e. The van der Waals surface area contributed by atoms with E-state index in [9.17, 15) is 14.0 Å². The molecular formula is C23H21FN4O3. The monoisotopic (exact) mass is 420 g/mol. The van der Waals surface area contributed by atoms with Crippen molar-refractivity contribution in [1.82, 2.24) is 14.8 Å². The van der Waals surface area contributed by atoms with E-state index in [1.165, 1.54) is 12.1 Å². The molecule has 3 aromatic rings. The summed E-state index contributed by atoms with van der Waals surface area (Å²) < 4.78 is 21.2. The zero-order valence-corrected chi connectivity index (χ0v) is 16.8. The Morgan fingerprint density at radius 2 is 2.03 bits per heavy atom. The van der Waals surface area contributed by atoms with Gasteiger partial charge in [-0.25, -0.2) is 14.1 Å². The Morgan fingerprint density at radius 3 is 2.81 bits per heavy atom. The van der Waals surface area contributed by atoms with E-state index in [2.05, 4.69) is 10.3 Å². The van der Waals surface area contributed by atoms with Gasteiger partial charge in [-0.05, 0) is 48.4 Å². The number of ether oxygens (including phenoxy) is 1. The standard InChI is InChI=1S/C23H21FN4O3/c24-17-5-2-14(3-6-17)21-20(23-28(27-21)10-1-11-31-23)15-8-9-25-19(13-15)26-22(30)16-4-7-18(29)12-16/h2-3,5-6,8-9,13,16H,1,4,7,10-12H2,(H,25,26,30). The molecule has 0 spiro atoms. The number of nitrogens with zero attached hydrogens (tertiary/aromatic N) is 3. The van der Waals surface area contributed by atoms with Gasteiger partial charge in [0, 0.05) is 43.5 Å².